The Morgan fingerprint density at radius 3 is 2.00 bits per heavy atom. The summed E-state index contributed by atoms with van der Waals surface area (Å²) in [5.74, 6) is 0.630. The number of halogens is 1. The molecule has 124 valence electrons. The monoisotopic (exact) mass is 322 g/mol. The van der Waals surface area contributed by atoms with Crippen molar-refractivity contribution in [1.82, 2.24) is 9.55 Å². The van der Waals surface area contributed by atoms with Crippen LogP contribution in [0.3, 0.4) is 0 Å². The molecule has 3 rings (SSSR count). The first-order valence-electron chi connectivity index (χ1n) is 8.20. The van der Waals surface area contributed by atoms with Crippen molar-refractivity contribution in [3.05, 3.63) is 69.8 Å². The van der Waals surface area contributed by atoms with Gasteiger partial charge in [-0.1, -0.05) is 0 Å². The zero-order chi connectivity index (χ0) is 17.6. The van der Waals surface area contributed by atoms with E-state index in [-0.39, 0.29) is 5.82 Å². The molecule has 1 aromatic heterocycles. The highest BCUT2D eigenvalue weighted by Crippen LogP contribution is 2.32. The fourth-order valence-corrected chi connectivity index (χ4v) is 3.40. The number of aromatic nitrogens is 2. The summed E-state index contributed by atoms with van der Waals surface area (Å²) >= 11 is 0. The second kappa shape index (κ2) is 5.90. The van der Waals surface area contributed by atoms with E-state index in [1.54, 1.807) is 6.07 Å². The maximum Gasteiger partial charge on any atom is 0.144 e. The lowest BCUT2D eigenvalue weighted by Gasteiger charge is -2.21. The maximum absolute atomic E-state index is 13.5. The van der Waals surface area contributed by atoms with Crippen molar-refractivity contribution in [3.8, 4) is 17.1 Å². The summed E-state index contributed by atoms with van der Waals surface area (Å²) in [6, 6.07) is 4.86. The molecule has 0 fully saturated rings. The number of aryl methyl sites for hydroxylation is 1. The van der Waals surface area contributed by atoms with E-state index in [0.29, 0.717) is 0 Å². The molecule has 0 amide bonds. The lowest BCUT2D eigenvalue weighted by atomic mass is 9.92. The van der Waals surface area contributed by atoms with Gasteiger partial charge in [0.15, 0.2) is 0 Å². The molecule has 0 saturated heterocycles. The Bertz CT molecular complexity index is 906. The van der Waals surface area contributed by atoms with Gasteiger partial charge in [-0.2, -0.15) is 0 Å². The topological polar surface area (TPSA) is 17.8 Å². The van der Waals surface area contributed by atoms with Crippen LogP contribution < -0.4 is 0 Å². The van der Waals surface area contributed by atoms with Crippen molar-refractivity contribution >= 4 is 0 Å². The molecule has 0 N–H and O–H groups in total. The second-order valence-electron chi connectivity index (χ2n) is 6.55. The molecule has 0 bridgehead atoms. The standard InChI is InChI=1S/C21H23FN2/c1-12-11-18(22)7-8-19(12)21-23-9-10-24(21)20-16(5)14(3)13(2)15(4)17(20)6/h7-11H,1-6H3. The van der Waals surface area contributed by atoms with Crippen molar-refractivity contribution in [1.29, 1.82) is 0 Å². The van der Waals surface area contributed by atoms with Crippen LogP contribution in [0.5, 0.6) is 0 Å². The first kappa shape index (κ1) is 16.4. The molecule has 0 atom stereocenters. The van der Waals surface area contributed by atoms with Crippen LogP contribution in [0.15, 0.2) is 30.6 Å². The Morgan fingerprint density at radius 1 is 0.833 bits per heavy atom. The van der Waals surface area contributed by atoms with Crippen molar-refractivity contribution in [3.63, 3.8) is 0 Å². The second-order valence-corrected chi connectivity index (χ2v) is 6.55. The molecule has 0 unspecified atom stereocenters. The summed E-state index contributed by atoms with van der Waals surface area (Å²) in [5, 5.41) is 0. The minimum atomic E-state index is -0.219. The molecule has 3 aromatic rings. The van der Waals surface area contributed by atoms with E-state index in [1.807, 2.05) is 25.4 Å². The molecule has 24 heavy (non-hydrogen) atoms. The van der Waals surface area contributed by atoms with Gasteiger partial charge in [0.1, 0.15) is 11.6 Å². The highest BCUT2D eigenvalue weighted by Gasteiger charge is 2.17. The molecule has 0 aliphatic carbocycles. The number of rotatable bonds is 2. The van der Waals surface area contributed by atoms with Gasteiger partial charge in [0, 0.05) is 18.0 Å². The van der Waals surface area contributed by atoms with Crippen LogP contribution in [0.25, 0.3) is 17.1 Å². The average Bonchev–Trinajstić information content (AvgIpc) is 3.00. The smallest absolute Gasteiger partial charge is 0.144 e. The number of hydrogen-bond acceptors (Lipinski definition) is 1. The van der Waals surface area contributed by atoms with E-state index in [9.17, 15) is 4.39 Å². The summed E-state index contributed by atoms with van der Waals surface area (Å²) in [6.45, 7) is 12.7. The quantitative estimate of drug-likeness (QED) is 0.606. The van der Waals surface area contributed by atoms with E-state index in [4.69, 9.17) is 0 Å². The van der Waals surface area contributed by atoms with E-state index >= 15 is 0 Å². The Labute approximate surface area is 143 Å². The van der Waals surface area contributed by atoms with Crippen LogP contribution in [0.4, 0.5) is 4.39 Å². The van der Waals surface area contributed by atoms with Gasteiger partial charge in [-0.05, 0) is 93.1 Å². The first-order valence-corrected chi connectivity index (χ1v) is 8.20. The van der Waals surface area contributed by atoms with E-state index in [0.717, 1.165) is 17.0 Å². The third-order valence-corrected chi connectivity index (χ3v) is 5.27. The largest absolute Gasteiger partial charge is 0.299 e. The Morgan fingerprint density at radius 2 is 1.42 bits per heavy atom. The molecule has 0 saturated carbocycles. The molecule has 3 heteroatoms. The summed E-state index contributed by atoms with van der Waals surface area (Å²) in [5.41, 5.74) is 9.49. The number of nitrogens with zero attached hydrogens (tertiary/aromatic N) is 2. The maximum atomic E-state index is 13.5. The Hall–Kier alpha value is -2.42. The predicted octanol–water partition coefficient (Wildman–Crippen LogP) is 5.53. The lowest BCUT2D eigenvalue weighted by Crippen LogP contribution is -2.07. The highest BCUT2D eigenvalue weighted by molar-refractivity contribution is 5.66. The molecular weight excluding hydrogens is 299 g/mol. The highest BCUT2D eigenvalue weighted by atomic mass is 19.1. The van der Waals surface area contributed by atoms with Crippen LogP contribution in [0.1, 0.15) is 33.4 Å². The van der Waals surface area contributed by atoms with Crippen molar-refractivity contribution in [2.75, 3.05) is 0 Å². The summed E-state index contributed by atoms with van der Waals surface area (Å²) in [7, 11) is 0. The molecule has 0 aliphatic heterocycles. The molecule has 0 radical (unpaired) electrons. The molecule has 2 aromatic carbocycles. The molecule has 1 heterocycles. The molecule has 0 aliphatic rings. The zero-order valence-electron chi connectivity index (χ0n) is 15.2. The van der Waals surface area contributed by atoms with Gasteiger partial charge >= 0.3 is 0 Å². The van der Waals surface area contributed by atoms with Crippen LogP contribution in [0, 0.1) is 47.4 Å². The van der Waals surface area contributed by atoms with Crippen LogP contribution in [-0.2, 0) is 0 Å². The lowest BCUT2D eigenvalue weighted by molar-refractivity contribution is 0.627. The third kappa shape index (κ3) is 2.44. The van der Waals surface area contributed by atoms with Gasteiger partial charge < -0.3 is 0 Å². The van der Waals surface area contributed by atoms with Gasteiger partial charge in [0.25, 0.3) is 0 Å². The Balaban J connectivity index is 2.30. The molecule has 2 nitrogen and oxygen atoms in total. The number of benzene rings is 2. The van der Waals surface area contributed by atoms with Gasteiger partial charge in [0.05, 0.1) is 5.69 Å². The minimum absolute atomic E-state index is 0.219. The SMILES string of the molecule is Cc1cc(F)ccc1-c1nccn1-c1c(C)c(C)c(C)c(C)c1C. The van der Waals surface area contributed by atoms with Crippen LogP contribution in [0.2, 0.25) is 0 Å². The summed E-state index contributed by atoms with van der Waals surface area (Å²) in [6.07, 6.45) is 3.79. The predicted molar refractivity (Wildman–Crippen MR) is 97.4 cm³/mol. The van der Waals surface area contributed by atoms with Crippen molar-refractivity contribution in [2.45, 2.75) is 41.5 Å². The summed E-state index contributed by atoms with van der Waals surface area (Å²) in [4.78, 5) is 4.56. The summed E-state index contributed by atoms with van der Waals surface area (Å²) < 4.78 is 15.6. The fourth-order valence-electron chi connectivity index (χ4n) is 3.40. The first-order chi connectivity index (χ1) is 11.3. The number of hydrogen-bond donors (Lipinski definition) is 0. The van der Waals surface area contributed by atoms with Gasteiger partial charge in [-0.3, -0.25) is 4.57 Å². The van der Waals surface area contributed by atoms with Crippen molar-refractivity contribution < 1.29 is 4.39 Å². The van der Waals surface area contributed by atoms with Crippen LogP contribution >= 0.6 is 0 Å². The Kier molecular flexibility index (Phi) is 4.04. The molecule has 0 spiro atoms. The minimum Gasteiger partial charge on any atom is -0.299 e. The van der Waals surface area contributed by atoms with Gasteiger partial charge in [-0.15, -0.1) is 0 Å². The fraction of sp³-hybridized carbons (Fsp3) is 0.286. The number of imidazole rings is 1. The van der Waals surface area contributed by atoms with Gasteiger partial charge in [0.2, 0.25) is 0 Å². The third-order valence-electron chi connectivity index (χ3n) is 5.27. The van der Waals surface area contributed by atoms with E-state index in [2.05, 4.69) is 44.2 Å². The average molecular weight is 322 g/mol. The normalized spacial score (nSPS) is 11.1. The van der Waals surface area contributed by atoms with Gasteiger partial charge in [-0.25, -0.2) is 9.37 Å². The molecular formula is C21H23FN2. The van der Waals surface area contributed by atoms with Crippen molar-refractivity contribution in [2.24, 2.45) is 0 Å². The van der Waals surface area contributed by atoms with E-state index in [1.165, 1.54) is 39.6 Å². The van der Waals surface area contributed by atoms with Crippen LogP contribution in [-0.4, -0.2) is 9.55 Å². The zero-order valence-corrected chi connectivity index (χ0v) is 15.2. The van der Waals surface area contributed by atoms with E-state index < -0.39 is 0 Å².